The number of carbonyl (C=O) groups is 2. The summed E-state index contributed by atoms with van der Waals surface area (Å²) in [6.07, 6.45) is 0.876. The van der Waals surface area contributed by atoms with Gasteiger partial charge >= 0.3 is 0 Å². The first-order valence-electron chi connectivity index (χ1n) is 8.53. The van der Waals surface area contributed by atoms with E-state index in [-0.39, 0.29) is 39.3 Å². The smallest absolute Gasteiger partial charge is 0.201 e. The van der Waals surface area contributed by atoms with Gasteiger partial charge in [-0.3, -0.25) is 9.59 Å². The minimum atomic E-state index is -0.546. The van der Waals surface area contributed by atoms with Gasteiger partial charge in [-0.1, -0.05) is 0 Å². The number of ether oxygens (including phenoxy) is 3. The number of hydrogen-bond acceptors (Lipinski definition) is 7. The molecule has 1 aliphatic carbocycles. The molecule has 0 unspecified atom stereocenters. The van der Waals surface area contributed by atoms with Gasteiger partial charge in [0.2, 0.25) is 5.78 Å². The van der Waals surface area contributed by atoms with Crippen LogP contribution in [0.2, 0.25) is 0 Å². The van der Waals surface area contributed by atoms with Crippen molar-refractivity contribution in [2.24, 2.45) is 0 Å². The molecule has 1 aliphatic heterocycles. The molecule has 1 heterocycles. The second-order valence-electron chi connectivity index (χ2n) is 6.49. The lowest BCUT2D eigenvalue weighted by atomic mass is 9.81. The fourth-order valence-electron chi connectivity index (χ4n) is 3.75. The van der Waals surface area contributed by atoms with E-state index in [2.05, 4.69) is 0 Å². The van der Waals surface area contributed by atoms with Gasteiger partial charge in [0, 0.05) is 23.8 Å². The minimum absolute atomic E-state index is 0.0560. The van der Waals surface area contributed by atoms with Gasteiger partial charge in [-0.15, -0.1) is 0 Å². The molecular formula is C20H18O7. The Bertz CT molecular complexity index is 971. The van der Waals surface area contributed by atoms with Crippen LogP contribution in [0.5, 0.6) is 23.0 Å². The van der Waals surface area contributed by atoms with Crippen molar-refractivity contribution in [1.29, 1.82) is 0 Å². The summed E-state index contributed by atoms with van der Waals surface area (Å²) in [6, 6.07) is 4.18. The number of carbonyl (C=O) groups excluding carboxylic acids is 2. The number of aromatic hydroxyl groups is 2. The van der Waals surface area contributed by atoms with Crippen LogP contribution >= 0.6 is 0 Å². The standard InChI is InChI=1S/C20H18O7/c1-25-9-6-10-15(14(7-9)26-2)19(23)16-11(18(10)22)8-12(21)17(20(16)24)13-4-3-5-27-13/h6-8,13,21,24H,3-5H2,1-2H3/t13-/m0/s1. The Morgan fingerprint density at radius 3 is 2.37 bits per heavy atom. The van der Waals surface area contributed by atoms with Crippen LogP contribution in [0, 0.1) is 0 Å². The van der Waals surface area contributed by atoms with E-state index >= 15 is 0 Å². The molecule has 4 rings (SSSR count). The van der Waals surface area contributed by atoms with Crippen LogP contribution < -0.4 is 9.47 Å². The van der Waals surface area contributed by atoms with Crippen molar-refractivity contribution in [3.05, 3.63) is 46.0 Å². The third kappa shape index (κ3) is 2.46. The minimum Gasteiger partial charge on any atom is -0.507 e. The van der Waals surface area contributed by atoms with E-state index in [9.17, 15) is 19.8 Å². The maximum Gasteiger partial charge on any atom is 0.201 e. The van der Waals surface area contributed by atoms with Crippen molar-refractivity contribution in [3.8, 4) is 23.0 Å². The summed E-state index contributed by atoms with van der Waals surface area (Å²) in [6.45, 7) is 0.504. The van der Waals surface area contributed by atoms with Gasteiger partial charge < -0.3 is 24.4 Å². The maximum absolute atomic E-state index is 13.2. The Morgan fingerprint density at radius 1 is 1.00 bits per heavy atom. The molecular weight excluding hydrogens is 352 g/mol. The average molecular weight is 370 g/mol. The lowest BCUT2D eigenvalue weighted by Crippen LogP contribution is -2.23. The molecule has 27 heavy (non-hydrogen) atoms. The van der Waals surface area contributed by atoms with Gasteiger partial charge in [-0.05, 0) is 25.0 Å². The van der Waals surface area contributed by atoms with E-state index in [0.717, 1.165) is 6.42 Å². The molecule has 0 bridgehead atoms. The highest BCUT2D eigenvalue weighted by molar-refractivity contribution is 6.30. The topological polar surface area (TPSA) is 102 Å². The summed E-state index contributed by atoms with van der Waals surface area (Å²) in [5, 5.41) is 21.2. The molecule has 1 fully saturated rings. The van der Waals surface area contributed by atoms with Crippen LogP contribution in [-0.4, -0.2) is 42.6 Å². The molecule has 2 aliphatic rings. The Labute approximate surface area is 155 Å². The summed E-state index contributed by atoms with van der Waals surface area (Å²) in [5.41, 5.74) is 0.115. The summed E-state index contributed by atoms with van der Waals surface area (Å²) in [4.78, 5) is 26.2. The van der Waals surface area contributed by atoms with Crippen LogP contribution in [0.3, 0.4) is 0 Å². The zero-order valence-corrected chi connectivity index (χ0v) is 14.9. The number of rotatable bonds is 3. The van der Waals surface area contributed by atoms with E-state index in [1.807, 2.05) is 0 Å². The van der Waals surface area contributed by atoms with E-state index in [1.165, 1.54) is 32.4 Å². The molecule has 7 nitrogen and oxygen atoms in total. The summed E-state index contributed by atoms with van der Waals surface area (Å²) < 4.78 is 16.0. The van der Waals surface area contributed by atoms with E-state index in [4.69, 9.17) is 14.2 Å². The number of phenols is 2. The highest BCUT2D eigenvalue weighted by Crippen LogP contribution is 2.47. The molecule has 0 saturated carbocycles. The summed E-state index contributed by atoms with van der Waals surface area (Å²) in [7, 11) is 2.83. The summed E-state index contributed by atoms with van der Waals surface area (Å²) >= 11 is 0. The van der Waals surface area contributed by atoms with Crippen molar-refractivity contribution in [1.82, 2.24) is 0 Å². The average Bonchev–Trinajstić information content (AvgIpc) is 3.18. The number of phenolic OH excluding ortho intramolecular Hbond substituents is 2. The second-order valence-corrected chi connectivity index (χ2v) is 6.49. The first-order chi connectivity index (χ1) is 13.0. The van der Waals surface area contributed by atoms with Gasteiger partial charge in [-0.25, -0.2) is 0 Å². The number of ketones is 2. The molecule has 2 N–H and O–H groups in total. The molecule has 0 amide bonds. The lowest BCUT2D eigenvalue weighted by Gasteiger charge is -2.24. The molecule has 1 atom stereocenters. The monoisotopic (exact) mass is 370 g/mol. The number of methoxy groups -OCH3 is 2. The molecule has 1 saturated heterocycles. The molecule has 0 radical (unpaired) electrons. The Morgan fingerprint density at radius 2 is 1.74 bits per heavy atom. The van der Waals surface area contributed by atoms with Gasteiger partial charge in [0.15, 0.2) is 5.78 Å². The molecule has 0 aromatic heterocycles. The molecule has 7 heteroatoms. The largest absolute Gasteiger partial charge is 0.507 e. The van der Waals surface area contributed by atoms with E-state index < -0.39 is 23.4 Å². The van der Waals surface area contributed by atoms with Crippen LogP contribution in [0.1, 0.15) is 56.4 Å². The third-order valence-corrected chi connectivity index (χ3v) is 5.04. The Hall–Kier alpha value is -3.06. The quantitative estimate of drug-likeness (QED) is 0.731. The van der Waals surface area contributed by atoms with Crippen LogP contribution in [0.25, 0.3) is 0 Å². The Balaban J connectivity index is 1.97. The SMILES string of the molecule is COc1cc(OC)c2c(c1)C(=O)c1cc(O)c([C@@H]3CCCO3)c(O)c1C2=O. The maximum atomic E-state index is 13.2. The van der Waals surface area contributed by atoms with Gasteiger partial charge in [0.25, 0.3) is 0 Å². The zero-order chi connectivity index (χ0) is 19.3. The van der Waals surface area contributed by atoms with Crippen molar-refractivity contribution < 1.29 is 34.0 Å². The highest BCUT2D eigenvalue weighted by atomic mass is 16.5. The van der Waals surface area contributed by atoms with Crippen molar-refractivity contribution in [2.75, 3.05) is 20.8 Å². The normalized spacial score (nSPS) is 18.2. The lowest BCUT2D eigenvalue weighted by molar-refractivity contribution is 0.0965. The van der Waals surface area contributed by atoms with E-state index in [0.29, 0.717) is 18.8 Å². The van der Waals surface area contributed by atoms with Gasteiger partial charge in [0.1, 0.15) is 23.0 Å². The predicted molar refractivity (Wildman–Crippen MR) is 94.1 cm³/mol. The van der Waals surface area contributed by atoms with E-state index in [1.54, 1.807) is 0 Å². The summed E-state index contributed by atoms with van der Waals surface area (Å²) in [5.74, 6) is -1.19. The highest BCUT2D eigenvalue weighted by Gasteiger charge is 2.38. The van der Waals surface area contributed by atoms with Gasteiger partial charge in [0.05, 0.1) is 37.0 Å². The first-order valence-corrected chi connectivity index (χ1v) is 8.53. The second kappa shape index (κ2) is 6.28. The van der Waals surface area contributed by atoms with Crippen LogP contribution in [0.4, 0.5) is 0 Å². The van der Waals surface area contributed by atoms with Crippen LogP contribution in [-0.2, 0) is 4.74 Å². The van der Waals surface area contributed by atoms with Crippen LogP contribution in [0.15, 0.2) is 18.2 Å². The third-order valence-electron chi connectivity index (χ3n) is 5.04. The fraction of sp³-hybridized carbons (Fsp3) is 0.300. The molecule has 140 valence electrons. The fourth-order valence-corrected chi connectivity index (χ4v) is 3.75. The predicted octanol–water partition coefficient (Wildman–Crippen LogP) is 2.74. The number of hydrogen-bond donors (Lipinski definition) is 2. The first kappa shape index (κ1) is 17.4. The number of fused-ring (bicyclic) bond motifs is 2. The van der Waals surface area contributed by atoms with Crippen molar-refractivity contribution >= 4 is 11.6 Å². The Kier molecular flexibility index (Phi) is 4.04. The van der Waals surface area contributed by atoms with Crippen molar-refractivity contribution in [3.63, 3.8) is 0 Å². The molecule has 2 aromatic carbocycles. The van der Waals surface area contributed by atoms with Gasteiger partial charge in [-0.2, -0.15) is 0 Å². The number of benzene rings is 2. The zero-order valence-electron chi connectivity index (χ0n) is 14.9. The van der Waals surface area contributed by atoms with Crippen molar-refractivity contribution in [2.45, 2.75) is 18.9 Å². The molecule has 2 aromatic rings. The molecule has 0 spiro atoms.